The van der Waals surface area contributed by atoms with Gasteiger partial charge in [-0.2, -0.15) is 5.26 Å². The summed E-state index contributed by atoms with van der Waals surface area (Å²) in [5.74, 6) is 2.18. The molecule has 0 bridgehead atoms. The molecule has 3 rings (SSSR count). The molecule has 2 aliphatic carbocycles. The van der Waals surface area contributed by atoms with E-state index in [-0.39, 0.29) is 5.91 Å². The Kier molecular flexibility index (Phi) is 4.21. The van der Waals surface area contributed by atoms with Crippen molar-refractivity contribution in [3.63, 3.8) is 0 Å². The Morgan fingerprint density at radius 2 is 1.95 bits per heavy atom. The smallest absolute Gasteiger partial charge is 0.276 e. The molecule has 0 radical (unpaired) electrons. The molecule has 1 unspecified atom stereocenters. The van der Waals surface area contributed by atoms with Gasteiger partial charge in [0.15, 0.2) is 6.54 Å². The predicted molar refractivity (Wildman–Crippen MR) is 80.5 cm³/mol. The third-order valence-corrected chi connectivity index (χ3v) is 5.92. The summed E-state index contributed by atoms with van der Waals surface area (Å²) < 4.78 is 0. The average Bonchev–Trinajstić information content (AvgIpc) is 3.32. The first kappa shape index (κ1) is 14.8. The van der Waals surface area contributed by atoms with Gasteiger partial charge in [0, 0.05) is 5.92 Å². The zero-order valence-electron chi connectivity index (χ0n) is 13.2. The molecule has 4 atom stereocenters. The van der Waals surface area contributed by atoms with Gasteiger partial charge in [0.25, 0.3) is 5.91 Å². The molecule has 4 nitrogen and oxygen atoms in total. The fraction of sp³-hybridized carbons (Fsp3) is 0.882. The molecule has 116 valence electrons. The van der Waals surface area contributed by atoms with E-state index in [4.69, 9.17) is 0 Å². The second-order valence-corrected chi connectivity index (χ2v) is 7.61. The molecule has 1 aliphatic heterocycles. The van der Waals surface area contributed by atoms with E-state index in [0.29, 0.717) is 12.5 Å². The van der Waals surface area contributed by atoms with Gasteiger partial charge in [0.2, 0.25) is 0 Å². The zero-order chi connectivity index (χ0) is 14.9. The van der Waals surface area contributed by atoms with E-state index in [1.165, 1.54) is 37.0 Å². The minimum absolute atomic E-state index is 0.0650. The highest BCUT2D eigenvalue weighted by molar-refractivity contribution is 5.78. The fourth-order valence-corrected chi connectivity index (χ4v) is 4.40. The van der Waals surface area contributed by atoms with Crippen molar-refractivity contribution in [2.24, 2.45) is 17.8 Å². The summed E-state index contributed by atoms with van der Waals surface area (Å²) >= 11 is 0. The molecule has 1 heterocycles. The molecule has 1 amide bonds. The summed E-state index contributed by atoms with van der Waals surface area (Å²) in [5, 5.41) is 12.3. The number of carbonyl (C=O) groups excluding carboxylic acids is 1. The van der Waals surface area contributed by atoms with Crippen LogP contribution in [0.15, 0.2) is 0 Å². The van der Waals surface area contributed by atoms with Crippen LogP contribution in [0.3, 0.4) is 0 Å². The van der Waals surface area contributed by atoms with Gasteiger partial charge >= 0.3 is 0 Å². The highest BCUT2D eigenvalue weighted by Crippen LogP contribution is 2.39. The van der Waals surface area contributed by atoms with Crippen molar-refractivity contribution in [1.82, 2.24) is 5.32 Å². The van der Waals surface area contributed by atoms with Crippen LogP contribution < -0.4 is 10.2 Å². The SMILES string of the molecule is C[C@](C#N)(NC(=O)C[NH+]1CC[C@@H]2CCCC[C@@H]2C1)C1CC1. The van der Waals surface area contributed by atoms with Crippen molar-refractivity contribution >= 4 is 5.91 Å². The number of hydrogen-bond donors (Lipinski definition) is 2. The molecule has 3 aliphatic rings. The van der Waals surface area contributed by atoms with E-state index < -0.39 is 5.54 Å². The van der Waals surface area contributed by atoms with Crippen LogP contribution in [0.4, 0.5) is 0 Å². The van der Waals surface area contributed by atoms with Crippen LogP contribution in [0, 0.1) is 29.1 Å². The Hall–Kier alpha value is -1.08. The lowest BCUT2D eigenvalue weighted by Gasteiger charge is -2.38. The number of carbonyl (C=O) groups is 1. The molecule has 0 aromatic carbocycles. The topological polar surface area (TPSA) is 57.3 Å². The van der Waals surface area contributed by atoms with Crippen molar-refractivity contribution < 1.29 is 9.69 Å². The molecule has 2 saturated carbocycles. The molecule has 2 N–H and O–H groups in total. The van der Waals surface area contributed by atoms with E-state index >= 15 is 0 Å². The molecule has 1 saturated heterocycles. The first-order chi connectivity index (χ1) is 10.1. The Balaban J connectivity index is 1.50. The number of piperidine rings is 1. The van der Waals surface area contributed by atoms with Crippen molar-refractivity contribution in [3.05, 3.63) is 0 Å². The Morgan fingerprint density at radius 1 is 1.24 bits per heavy atom. The lowest BCUT2D eigenvalue weighted by atomic mass is 9.75. The van der Waals surface area contributed by atoms with Crippen molar-refractivity contribution in [3.8, 4) is 6.07 Å². The van der Waals surface area contributed by atoms with Gasteiger partial charge in [0.1, 0.15) is 5.54 Å². The number of nitrogens with zero attached hydrogens (tertiary/aromatic N) is 1. The van der Waals surface area contributed by atoms with Gasteiger partial charge in [-0.1, -0.05) is 12.8 Å². The number of quaternary nitrogens is 1. The maximum atomic E-state index is 12.3. The normalized spacial score (nSPS) is 35.1. The van der Waals surface area contributed by atoms with E-state index in [1.54, 1.807) is 0 Å². The van der Waals surface area contributed by atoms with E-state index in [0.717, 1.165) is 37.8 Å². The van der Waals surface area contributed by atoms with Crippen LogP contribution in [-0.4, -0.2) is 31.1 Å². The summed E-state index contributed by atoms with van der Waals surface area (Å²) in [6.07, 6.45) is 8.96. The zero-order valence-corrected chi connectivity index (χ0v) is 13.2. The minimum Gasteiger partial charge on any atom is -0.333 e. The predicted octanol–water partition coefficient (Wildman–Crippen LogP) is 0.890. The molecular weight excluding hydrogens is 262 g/mol. The molecule has 3 fully saturated rings. The maximum absolute atomic E-state index is 12.3. The largest absolute Gasteiger partial charge is 0.333 e. The van der Waals surface area contributed by atoms with Gasteiger partial charge in [0.05, 0.1) is 19.2 Å². The summed E-state index contributed by atoms with van der Waals surface area (Å²) in [7, 11) is 0. The van der Waals surface area contributed by atoms with Gasteiger partial charge in [-0.25, -0.2) is 0 Å². The number of amides is 1. The number of rotatable bonds is 4. The molecule has 21 heavy (non-hydrogen) atoms. The monoisotopic (exact) mass is 290 g/mol. The van der Waals surface area contributed by atoms with Crippen molar-refractivity contribution in [1.29, 1.82) is 5.26 Å². The molecule has 0 aromatic rings. The van der Waals surface area contributed by atoms with Crippen LogP contribution in [-0.2, 0) is 4.79 Å². The Bertz CT molecular complexity index is 440. The van der Waals surface area contributed by atoms with Gasteiger partial charge < -0.3 is 10.2 Å². The quantitative estimate of drug-likeness (QED) is 0.808. The molecule has 0 aromatic heterocycles. The summed E-state index contributed by atoms with van der Waals surface area (Å²) in [6.45, 7) is 4.71. The van der Waals surface area contributed by atoms with Crippen LogP contribution in [0.1, 0.15) is 51.9 Å². The number of likely N-dealkylation sites (tertiary alicyclic amines) is 1. The molecule has 0 spiro atoms. The Morgan fingerprint density at radius 3 is 2.62 bits per heavy atom. The first-order valence-electron chi connectivity index (χ1n) is 8.66. The number of nitriles is 1. The maximum Gasteiger partial charge on any atom is 0.276 e. The van der Waals surface area contributed by atoms with E-state index in [1.807, 2.05) is 6.92 Å². The second-order valence-electron chi connectivity index (χ2n) is 7.61. The second kappa shape index (κ2) is 5.96. The lowest BCUT2D eigenvalue weighted by molar-refractivity contribution is -0.902. The highest BCUT2D eigenvalue weighted by atomic mass is 16.2. The first-order valence-corrected chi connectivity index (χ1v) is 8.66. The van der Waals surface area contributed by atoms with Crippen molar-refractivity contribution in [2.75, 3.05) is 19.6 Å². The van der Waals surface area contributed by atoms with E-state index in [9.17, 15) is 10.1 Å². The van der Waals surface area contributed by atoms with E-state index in [2.05, 4.69) is 11.4 Å². The van der Waals surface area contributed by atoms with Crippen LogP contribution >= 0.6 is 0 Å². The minimum atomic E-state index is -0.639. The van der Waals surface area contributed by atoms with Crippen LogP contribution in [0.5, 0.6) is 0 Å². The van der Waals surface area contributed by atoms with Crippen molar-refractivity contribution in [2.45, 2.75) is 57.4 Å². The Labute approximate surface area is 127 Å². The fourth-order valence-electron chi connectivity index (χ4n) is 4.40. The average molecular weight is 290 g/mol. The number of nitrogens with one attached hydrogen (secondary N) is 2. The van der Waals surface area contributed by atoms with Gasteiger partial charge in [-0.3, -0.25) is 4.79 Å². The third kappa shape index (κ3) is 3.40. The van der Waals surface area contributed by atoms with Crippen LogP contribution in [0.2, 0.25) is 0 Å². The molecule has 4 heteroatoms. The molecular formula is C17H28N3O+. The summed E-state index contributed by atoms with van der Waals surface area (Å²) in [5.41, 5.74) is -0.639. The van der Waals surface area contributed by atoms with Gasteiger partial charge in [-0.15, -0.1) is 0 Å². The standard InChI is InChI=1S/C17H27N3O/c1-17(12-18,15-6-7-15)19-16(21)11-20-9-8-13-4-2-3-5-14(13)10-20/h13-15H,2-11H2,1H3,(H,19,21)/p+1/t13-,14+,17+/m0/s1. The number of hydrogen-bond acceptors (Lipinski definition) is 2. The van der Waals surface area contributed by atoms with Gasteiger partial charge in [-0.05, 0) is 50.9 Å². The lowest BCUT2D eigenvalue weighted by Crippen LogP contribution is -3.15. The summed E-state index contributed by atoms with van der Waals surface area (Å²) in [6, 6.07) is 2.31. The van der Waals surface area contributed by atoms with Crippen LogP contribution in [0.25, 0.3) is 0 Å². The third-order valence-electron chi connectivity index (χ3n) is 5.92. The number of fused-ring (bicyclic) bond motifs is 1. The highest BCUT2D eigenvalue weighted by Gasteiger charge is 2.43. The summed E-state index contributed by atoms with van der Waals surface area (Å²) in [4.78, 5) is 13.7.